The highest BCUT2D eigenvalue weighted by atomic mass is 16.4. The zero-order chi connectivity index (χ0) is 26.8. The topological polar surface area (TPSA) is 133 Å². The SMILES string of the molecule is O=C(O)c1ccc(C(=O)O)c(NC(=O)c2cccc3ccccc23)c1NC(=O)c1cccc2ccccc12. The molecule has 0 atom stereocenters. The van der Waals surface area contributed by atoms with Crippen molar-refractivity contribution in [3.8, 4) is 0 Å². The van der Waals surface area contributed by atoms with Crippen LogP contribution < -0.4 is 10.6 Å². The molecule has 186 valence electrons. The number of carbonyl (C=O) groups excluding carboxylic acids is 2. The van der Waals surface area contributed by atoms with Crippen LogP contribution in [0.25, 0.3) is 21.5 Å². The minimum absolute atomic E-state index is 0.256. The first-order valence-corrected chi connectivity index (χ1v) is 11.6. The van der Waals surface area contributed by atoms with Crippen LogP contribution in [0.5, 0.6) is 0 Å². The van der Waals surface area contributed by atoms with Crippen LogP contribution >= 0.6 is 0 Å². The van der Waals surface area contributed by atoms with E-state index in [-0.39, 0.29) is 33.6 Å². The van der Waals surface area contributed by atoms with Crippen molar-refractivity contribution in [2.24, 2.45) is 0 Å². The molecule has 0 saturated carbocycles. The van der Waals surface area contributed by atoms with Gasteiger partial charge in [0.2, 0.25) is 0 Å². The zero-order valence-electron chi connectivity index (χ0n) is 19.8. The molecule has 0 aliphatic carbocycles. The predicted molar refractivity (Wildman–Crippen MR) is 144 cm³/mol. The van der Waals surface area contributed by atoms with Gasteiger partial charge in [-0.05, 0) is 45.8 Å². The third-order valence-corrected chi connectivity index (χ3v) is 6.21. The van der Waals surface area contributed by atoms with Crippen LogP contribution in [0.15, 0.2) is 97.1 Å². The van der Waals surface area contributed by atoms with Crippen molar-refractivity contribution in [2.75, 3.05) is 10.6 Å². The van der Waals surface area contributed by atoms with E-state index >= 15 is 0 Å². The van der Waals surface area contributed by atoms with Crippen LogP contribution in [-0.2, 0) is 0 Å². The zero-order valence-corrected chi connectivity index (χ0v) is 19.8. The van der Waals surface area contributed by atoms with Gasteiger partial charge in [0.05, 0.1) is 22.5 Å². The van der Waals surface area contributed by atoms with Crippen molar-refractivity contribution in [3.63, 3.8) is 0 Å². The number of carboxylic acids is 2. The second-order valence-electron chi connectivity index (χ2n) is 8.48. The highest BCUT2D eigenvalue weighted by Crippen LogP contribution is 2.33. The van der Waals surface area contributed by atoms with Crippen LogP contribution in [0.2, 0.25) is 0 Å². The summed E-state index contributed by atoms with van der Waals surface area (Å²) in [5, 5.41) is 27.7. The summed E-state index contributed by atoms with van der Waals surface area (Å²) in [5.74, 6) is -4.13. The average Bonchev–Trinajstić information content (AvgIpc) is 2.92. The van der Waals surface area contributed by atoms with E-state index in [1.807, 2.05) is 36.4 Å². The minimum atomic E-state index is -1.41. The minimum Gasteiger partial charge on any atom is -0.478 e. The Kier molecular flexibility index (Phi) is 6.28. The molecule has 0 fully saturated rings. The molecule has 5 aromatic carbocycles. The number of carboxylic acid groups (broad SMARTS) is 2. The van der Waals surface area contributed by atoms with Gasteiger partial charge >= 0.3 is 11.9 Å². The number of benzene rings is 5. The summed E-state index contributed by atoms with van der Waals surface area (Å²) in [6.45, 7) is 0. The lowest BCUT2D eigenvalue weighted by Gasteiger charge is -2.18. The van der Waals surface area contributed by atoms with E-state index in [0.717, 1.165) is 22.9 Å². The molecule has 2 amide bonds. The van der Waals surface area contributed by atoms with E-state index in [9.17, 15) is 29.4 Å². The van der Waals surface area contributed by atoms with Gasteiger partial charge in [-0.1, -0.05) is 72.8 Å². The maximum Gasteiger partial charge on any atom is 0.337 e. The van der Waals surface area contributed by atoms with Gasteiger partial charge in [-0.3, -0.25) is 9.59 Å². The van der Waals surface area contributed by atoms with Gasteiger partial charge in [0.25, 0.3) is 11.8 Å². The normalized spacial score (nSPS) is 10.7. The van der Waals surface area contributed by atoms with E-state index in [4.69, 9.17) is 0 Å². The molecular weight excluding hydrogens is 484 g/mol. The summed E-state index contributed by atoms with van der Waals surface area (Å²) >= 11 is 0. The fraction of sp³-hybridized carbons (Fsp3) is 0. The molecule has 0 aliphatic heterocycles. The Morgan fingerprint density at radius 1 is 0.447 bits per heavy atom. The van der Waals surface area contributed by atoms with Crippen molar-refractivity contribution in [1.29, 1.82) is 0 Å². The standard InChI is InChI=1S/C30H20N2O6/c33-27(21-13-5-9-17-7-1-3-11-19(17)21)31-25-23(29(35)36)15-16-24(30(37)38)26(25)32-28(34)22-14-6-10-18-8-2-4-12-20(18)22/h1-16H,(H,31,33)(H,32,34)(H,35,36)(H,37,38). The molecule has 0 radical (unpaired) electrons. The molecule has 0 saturated heterocycles. The quantitative estimate of drug-likeness (QED) is 0.228. The number of fused-ring (bicyclic) bond motifs is 2. The van der Waals surface area contributed by atoms with Crippen LogP contribution in [0.1, 0.15) is 41.4 Å². The van der Waals surface area contributed by atoms with Crippen molar-refractivity contribution < 1.29 is 29.4 Å². The van der Waals surface area contributed by atoms with Crippen LogP contribution in [0.3, 0.4) is 0 Å². The largest absolute Gasteiger partial charge is 0.478 e. The number of hydrogen-bond donors (Lipinski definition) is 4. The maximum absolute atomic E-state index is 13.4. The van der Waals surface area contributed by atoms with Gasteiger partial charge in [-0.2, -0.15) is 0 Å². The number of carbonyl (C=O) groups is 4. The molecule has 0 spiro atoms. The first-order chi connectivity index (χ1) is 18.3. The van der Waals surface area contributed by atoms with Crippen LogP contribution in [-0.4, -0.2) is 34.0 Å². The molecule has 0 aliphatic rings. The number of aromatic carboxylic acids is 2. The third-order valence-electron chi connectivity index (χ3n) is 6.21. The second-order valence-corrected chi connectivity index (χ2v) is 8.48. The lowest BCUT2D eigenvalue weighted by Crippen LogP contribution is -2.21. The van der Waals surface area contributed by atoms with Crippen molar-refractivity contribution in [3.05, 3.63) is 119 Å². The Morgan fingerprint density at radius 2 is 0.816 bits per heavy atom. The van der Waals surface area contributed by atoms with E-state index in [1.165, 1.54) is 0 Å². The van der Waals surface area contributed by atoms with E-state index in [2.05, 4.69) is 10.6 Å². The van der Waals surface area contributed by atoms with E-state index in [0.29, 0.717) is 10.8 Å². The van der Waals surface area contributed by atoms with Crippen molar-refractivity contribution in [1.82, 2.24) is 0 Å². The summed E-state index contributed by atoms with van der Waals surface area (Å²) in [6.07, 6.45) is 0. The average molecular weight is 504 g/mol. The molecule has 8 nitrogen and oxygen atoms in total. The maximum atomic E-state index is 13.4. The molecule has 5 aromatic rings. The Bertz CT molecular complexity index is 1640. The number of nitrogens with one attached hydrogen (secondary N) is 2. The molecule has 8 heteroatoms. The Hall–Kier alpha value is -5.50. The lowest BCUT2D eigenvalue weighted by atomic mass is 10.0. The van der Waals surface area contributed by atoms with Gasteiger partial charge in [0, 0.05) is 11.1 Å². The van der Waals surface area contributed by atoms with Crippen molar-refractivity contribution in [2.45, 2.75) is 0 Å². The molecule has 4 N–H and O–H groups in total. The first-order valence-electron chi connectivity index (χ1n) is 11.6. The van der Waals surface area contributed by atoms with Gasteiger partial charge in [-0.25, -0.2) is 9.59 Å². The lowest BCUT2D eigenvalue weighted by molar-refractivity contribution is 0.0682. The smallest absolute Gasteiger partial charge is 0.337 e. The second kappa shape index (κ2) is 9.87. The fourth-order valence-corrected chi connectivity index (χ4v) is 4.43. The fourth-order valence-electron chi connectivity index (χ4n) is 4.43. The molecule has 0 unspecified atom stereocenters. The molecule has 0 bridgehead atoms. The highest BCUT2D eigenvalue weighted by molar-refractivity contribution is 6.20. The summed E-state index contributed by atoms with van der Waals surface area (Å²) in [4.78, 5) is 51.0. The monoisotopic (exact) mass is 504 g/mol. The van der Waals surface area contributed by atoms with Gasteiger partial charge < -0.3 is 20.8 Å². The molecule has 0 aromatic heterocycles. The number of amides is 2. The van der Waals surface area contributed by atoms with Crippen molar-refractivity contribution >= 4 is 56.7 Å². The number of rotatable bonds is 6. The van der Waals surface area contributed by atoms with Gasteiger partial charge in [0.15, 0.2) is 0 Å². The number of anilines is 2. The summed E-state index contributed by atoms with van der Waals surface area (Å²) in [6, 6.07) is 26.7. The number of hydrogen-bond acceptors (Lipinski definition) is 4. The Balaban J connectivity index is 1.63. The van der Waals surface area contributed by atoms with E-state index < -0.39 is 23.8 Å². The first kappa shape index (κ1) is 24.2. The van der Waals surface area contributed by atoms with E-state index in [1.54, 1.807) is 48.5 Å². The molecule has 0 heterocycles. The molecule has 38 heavy (non-hydrogen) atoms. The Morgan fingerprint density at radius 3 is 1.21 bits per heavy atom. The van der Waals surface area contributed by atoms with Gasteiger partial charge in [0.1, 0.15) is 0 Å². The highest BCUT2D eigenvalue weighted by Gasteiger charge is 2.25. The van der Waals surface area contributed by atoms with Crippen LogP contribution in [0.4, 0.5) is 11.4 Å². The van der Waals surface area contributed by atoms with Crippen LogP contribution in [0, 0.1) is 0 Å². The Labute approximate surface area is 216 Å². The summed E-state index contributed by atoms with van der Waals surface area (Å²) < 4.78 is 0. The molecule has 5 rings (SSSR count). The third kappa shape index (κ3) is 4.42. The summed E-state index contributed by atoms with van der Waals surface area (Å²) in [7, 11) is 0. The molecular formula is C30H20N2O6. The van der Waals surface area contributed by atoms with Gasteiger partial charge in [-0.15, -0.1) is 0 Å². The summed E-state index contributed by atoms with van der Waals surface area (Å²) in [5.41, 5.74) is -0.903. The predicted octanol–water partition coefficient (Wildman–Crippen LogP) is 5.89.